The van der Waals surface area contributed by atoms with Crippen LogP contribution in [-0.4, -0.2) is 40.5 Å². The third kappa shape index (κ3) is 2.75. The lowest BCUT2D eigenvalue weighted by Crippen LogP contribution is -2.25. The Bertz CT molecular complexity index is 554. The molecule has 6 nitrogen and oxygen atoms in total. The highest BCUT2D eigenvalue weighted by Gasteiger charge is 2.30. The van der Waals surface area contributed by atoms with E-state index >= 15 is 0 Å². The van der Waals surface area contributed by atoms with Crippen LogP contribution >= 0.6 is 11.6 Å². The smallest absolute Gasteiger partial charge is 0.335 e. The van der Waals surface area contributed by atoms with E-state index in [1.54, 1.807) is 0 Å². The first kappa shape index (κ1) is 14.3. The highest BCUT2D eigenvalue weighted by molar-refractivity contribution is 6.18. The second-order valence-electron chi connectivity index (χ2n) is 4.61. The maximum absolute atomic E-state index is 11.9. The lowest BCUT2D eigenvalue weighted by atomic mass is 10.1. The van der Waals surface area contributed by atoms with Gasteiger partial charge >= 0.3 is 11.9 Å². The van der Waals surface area contributed by atoms with E-state index in [1.807, 2.05) is 0 Å². The number of carboxylic acids is 2. The molecular weight excluding hydrogens is 286 g/mol. The molecule has 0 bridgehead atoms. The van der Waals surface area contributed by atoms with Crippen LogP contribution in [0.4, 0.5) is 5.69 Å². The summed E-state index contributed by atoms with van der Waals surface area (Å²) >= 11 is 5.72. The monoisotopic (exact) mass is 297 g/mol. The van der Waals surface area contributed by atoms with Crippen LogP contribution < -0.4 is 4.90 Å². The average molecular weight is 298 g/mol. The summed E-state index contributed by atoms with van der Waals surface area (Å²) in [4.78, 5) is 35.3. The molecule has 7 heteroatoms. The average Bonchev–Trinajstić information content (AvgIpc) is 2.79. The minimum Gasteiger partial charge on any atom is -0.478 e. The molecule has 1 aromatic rings. The molecule has 0 radical (unpaired) electrons. The molecule has 1 saturated heterocycles. The van der Waals surface area contributed by atoms with E-state index in [0.29, 0.717) is 12.4 Å². The number of hydrogen-bond donors (Lipinski definition) is 2. The van der Waals surface area contributed by atoms with Gasteiger partial charge in [0, 0.05) is 24.5 Å². The van der Waals surface area contributed by atoms with Crippen LogP contribution in [0.25, 0.3) is 0 Å². The molecule has 1 heterocycles. The maximum Gasteiger partial charge on any atom is 0.335 e. The summed E-state index contributed by atoms with van der Waals surface area (Å²) < 4.78 is 0. The summed E-state index contributed by atoms with van der Waals surface area (Å²) in [6, 6.07) is 3.65. The minimum absolute atomic E-state index is 0.00840. The molecule has 1 aromatic carbocycles. The van der Waals surface area contributed by atoms with E-state index in [-0.39, 0.29) is 35.1 Å². The number of benzene rings is 1. The van der Waals surface area contributed by atoms with E-state index < -0.39 is 11.9 Å². The van der Waals surface area contributed by atoms with E-state index in [9.17, 15) is 14.4 Å². The van der Waals surface area contributed by atoms with Crippen molar-refractivity contribution in [2.24, 2.45) is 5.92 Å². The number of nitrogens with zero attached hydrogens (tertiary/aromatic N) is 1. The van der Waals surface area contributed by atoms with Crippen molar-refractivity contribution < 1.29 is 24.6 Å². The van der Waals surface area contributed by atoms with Crippen LogP contribution in [0.3, 0.4) is 0 Å². The van der Waals surface area contributed by atoms with Gasteiger partial charge in [-0.25, -0.2) is 9.59 Å². The van der Waals surface area contributed by atoms with Crippen molar-refractivity contribution in [2.45, 2.75) is 6.42 Å². The zero-order valence-electron chi connectivity index (χ0n) is 10.4. The molecule has 1 amide bonds. The fourth-order valence-electron chi connectivity index (χ4n) is 2.15. The van der Waals surface area contributed by atoms with Crippen molar-refractivity contribution in [3.63, 3.8) is 0 Å². The zero-order chi connectivity index (χ0) is 14.9. The standard InChI is InChI=1S/C13H12ClNO5/c14-5-7-1-11(16)15(6-7)10-3-8(12(17)18)2-9(4-10)13(19)20/h2-4,7H,1,5-6H2,(H,17,18)(H,19,20). The molecule has 0 aromatic heterocycles. The Hall–Kier alpha value is -2.08. The van der Waals surface area contributed by atoms with Crippen molar-refractivity contribution in [3.05, 3.63) is 29.3 Å². The van der Waals surface area contributed by atoms with Gasteiger partial charge in [0.1, 0.15) is 0 Å². The predicted octanol–water partition coefficient (Wildman–Crippen LogP) is 1.67. The number of alkyl halides is 1. The maximum atomic E-state index is 11.9. The van der Waals surface area contributed by atoms with Gasteiger partial charge in [-0.2, -0.15) is 0 Å². The van der Waals surface area contributed by atoms with Crippen LogP contribution in [0, 0.1) is 5.92 Å². The summed E-state index contributed by atoms with van der Waals surface area (Å²) in [5, 5.41) is 18.0. The molecule has 1 aliphatic heterocycles. The topological polar surface area (TPSA) is 94.9 Å². The largest absolute Gasteiger partial charge is 0.478 e. The molecule has 2 N–H and O–H groups in total. The Labute approximate surface area is 119 Å². The number of rotatable bonds is 4. The molecule has 1 unspecified atom stereocenters. The molecule has 20 heavy (non-hydrogen) atoms. The molecular formula is C13H12ClNO5. The minimum atomic E-state index is -1.24. The van der Waals surface area contributed by atoms with Gasteiger partial charge in [-0.15, -0.1) is 11.6 Å². The Kier molecular flexibility index (Phi) is 3.94. The molecule has 1 aliphatic rings. The first-order chi connectivity index (χ1) is 9.42. The first-order valence-corrected chi connectivity index (χ1v) is 6.44. The first-order valence-electron chi connectivity index (χ1n) is 5.90. The lowest BCUT2D eigenvalue weighted by Gasteiger charge is -2.17. The summed E-state index contributed by atoms with van der Waals surface area (Å²) in [5.41, 5.74) is -0.0519. The predicted molar refractivity (Wildman–Crippen MR) is 71.5 cm³/mol. The zero-order valence-corrected chi connectivity index (χ0v) is 11.1. The SMILES string of the molecule is O=C(O)c1cc(C(=O)O)cc(N2CC(CCl)CC2=O)c1. The van der Waals surface area contributed by atoms with E-state index in [2.05, 4.69) is 0 Å². The van der Waals surface area contributed by atoms with Gasteiger partial charge in [0.25, 0.3) is 0 Å². The second kappa shape index (κ2) is 5.50. The molecule has 0 spiro atoms. The number of carboxylic acid groups (broad SMARTS) is 2. The van der Waals surface area contributed by atoms with Gasteiger partial charge in [-0.3, -0.25) is 4.79 Å². The number of carbonyl (C=O) groups excluding carboxylic acids is 1. The van der Waals surface area contributed by atoms with Crippen LogP contribution in [0.1, 0.15) is 27.1 Å². The van der Waals surface area contributed by atoms with Crippen LogP contribution in [0.2, 0.25) is 0 Å². The highest BCUT2D eigenvalue weighted by Crippen LogP contribution is 2.27. The molecule has 1 atom stereocenters. The molecule has 1 fully saturated rings. The van der Waals surface area contributed by atoms with Crippen molar-refractivity contribution in [3.8, 4) is 0 Å². The number of anilines is 1. The van der Waals surface area contributed by atoms with Crippen molar-refractivity contribution >= 4 is 35.1 Å². The molecule has 106 valence electrons. The van der Waals surface area contributed by atoms with Crippen molar-refractivity contribution in [1.29, 1.82) is 0 Å². The van der Waals surface area contributed by atoms with E-state index in [1.165, 1.54) is 17.0 Å². The highest BCUT2D eigenvalue weighted by atomic mass is 35.5. The Morgan fingerprint density at radius 3 is 2.15 bits per heavy atom. The summed E-state index contributed by atoms with van der Waals surface area (Å²) in [6.45, 7) is 0.366. The fourth-order valence-corrected chi connectivity index (χ4v) is 2.36. The number of halogens is 1. The number of amides is 1. The second-order valence-corrected chi connectivity index (χ2v) is 4.92. The third-order valence-corrected chi connectivity index (χ3v) is 3.58. The number of hydrogen-bond acceptors (Lipinski definition) is 3. The summed E-state index contributed by atoms with van der Waals surface area (Å²) in [6.07, 6.45) is 0.281. The van der Waals surface area contributed by atoms with Crippen molar-refractivity contribution in [2.75, 3.05) is 17.3 Å². The normalized spacial score (nSPS) is 18.4. The van der Waals surface area contributed by atoms with Crippen molar-refractivity contribution in [1.82, 2.24) is 0 Å². The van der Waals surface area contributed by atoms with E-state index in [4.69, 9.17) is 21.8 Å². The Balaban J connectivity index is 2.43. The number of carbonyl (C=O) groups is 3. The van der Waals surface area contributed by atoms with Gasteiger partial charge in [-0.1, -0.05) is 0 Å². The Morgan fingerprint density at radius 1 is 1.20 bits per heavy atom. The molecule has 0 saturated carbocycles. The summed E-state index contributed by atoms with van der Waals surface area (Å²) in [7, 11) is 0. The van der Waals surface area contributed by atoms with Crippen LogP contribution in [-0.2, 0) is 4.79 Å². The summed E-state index contributed by atoms with van der Waals surface area (Å²) in [5.74, 6) is -2.35. The van der Waals surface area contributed by atoms with Gasteiger partial charge in [0.2, 0.25) is 5.91 Å². The Morgan fingerprint density at radius 2 is 1.75 bits per heavy atom. The van der Waals surface area contributed by atoms with Gasteiger partial charge in [-0.05, 0) is 24.1 Å². The quantitative estimate of drug-likeness (QED) is 0.824. The van der Waals surface area contributed by atoms with Gasteiger partial charge in [0.05, 0.1) is 11.1 Å². The number of aromatic carboxylic acids is 2. The van der Waals surface area contributed by atoms with Crippen LogP contribution in [0.15, 0.2) is 18.2 Å². The lowest BCUT2D eigenvalue weighted by molar-refractivity contribution is -0.117. The van der Waals surface area contributed by atoms with Crippen LogP contribution in [0.5, 0.6) is 0 Å². The molecule has 0 aliphatic carbocycles. The third-order valence-electron chi connectivity index (χ3n) is 3.15. The molecule has 2 rings (SSSR count). The fraction of sp³-hybridized carbons (Fsp3) is 0.308. The van der Waals surface area contributed by atoms with Gasteiger partial charge in [0.15, 0.2) is 0 Å². The van der Waals surface area contributed by atoms with E-state index in [0.717, 1.165) is 6.07 Å². The van der Waals surface area contributed by atoms with Gasteiger partial charge < -0.3 is 15.1 Å².